The number of amides is 4. The molecule has 1 spiro atoms. The number of carbonyl (C=O) groups is 3. The first-order chi connectivity index (χ1) is 13.0. The lowest BCUT2D eigenvalue weighted by molar-refractivity contribution is -0.138. The fourth-order valence-electron chi connectivity index (χ4n) is 4.86. The Balaban J connectivity index is 1.47. The van der Waals surface area contributed by atoms with Gasteiger partial charge in [-0.05, 0) is 43.6 Å². The molecule has 2 atom stereocenters. The van der Waals surface area contributed by atoms with Crippen LogP contribution in [0, 0.1) is 5.92 Å². The summed E-state index contributed by atoms with van der Waals surface area (Å²) in [5, 5.41) is 6.01. The predicted octanol–water partition coefficient (Wildman–Crippen LogP) is 2.68. The number of urea groups is 1. The van der Waals surface area contributed by atoms with Gasteiger partial charge in [0.25, 0.3) is 5.91 Å². The SMILES string of the molecule is CC1CCCCC12NC(=O)N(CC(=O)NC1(c3ccccc3)CCC1)C2=O. The summed E-state index contributed by atoms with van der Waals surface area (Å²) in [4.78, 5) is 39.3. The zero-order valence-corrected chi connectivity index (χ0v) is 15.8. The molecule has 2 aliphatic carbocycles. The molecule has 1 aromatic rings. The Morgan fingerprint density at radius 1 is 1.15 bits per heavy atom. The topological polar surface area (TPSA) is 78.5 Å². The van der Waals surface area contributed by atoms with Crippen LogP contribution in [0.15, 0.2) is 30.3 Å². The van der Waals surface area contributed by atoms with Gasteiger partial charge in [-0.1, -0.05) is 50.1 Å². The molecule has 1 saturated heterocycles. The van der Waals surface area contributed by atoms with Gasteiger partial charge >= 0.3 is 6.03 Å². The molecular weight excluding hydrogens is 342 g/mol. The van der Waals surface area contributed by atoms with E-state index >= 15 is 0 Å². The minimum Gasteiger partial charge on any atom is -0.345 e. The van der Waals surface area contributed by atoms with Gasteiger partial charge in [0.15, 0.2) is 0 Å². The van der Waals surface area contributed by atoms with Gasteiger partial charge in [0.1, 0.15) is 12.1 Å². The molecule has 27 heavy (non-hydrogen) atoms. The fraction of sp³-hybridized carbons (Fsp3) is 0.571. The maximum atomic E-state index is 13.0. The summed E-state index contributed by atoms with van der Waals surface area (Å²) in [6, 6.07) is 9.49. The van der Waals surface area contributed by atoms with Crippen LogP contribution >= 0.6 is 0 Å². The molecule has 6 nitrogen and oxygen atoms in total. The second kappa shape index (κ2) is 6.66. The van der Waals surface area contributed by atoms with Crippen LogP contribution in [0.2, 0.25) is 0 Å². The number of carbonyl (C=O) groups excluding carboxylic acids is 3. The summed E-state index contributed by atoms with van der Waals surface area (Å²) in [7, 11) is 0. The molecular formula is C21H27N3O3. The maximum absolute atomic E-state index is 13.0. The van der Waals surface area contributed by atoms with Crippen molar-refractivity contribution in [1.82, 2.24) is 15.5 Å². The van der Waals surface area contributed by atoms with Gasteiger partial charge in [-0.2, -0.15) is 0 Å². The van der Waals surface area contributed by atoms with Crippen LogP contribution in [-0.2, 0) is 15.1 Å². The number of hydrogen-bond donors (Lipinski definition) is 2. The maximum Gasteiger partial charge on any atom is 0.325 e. The Morgan fingerprint density at radius 2 is 1.89 bits per heavy atom. The smallest absolute Gasteiger partial charge is 0.325 e. The highest BCUT2D eigenvalue weighted by molar-refractivity contribution is 6.09. The van der Waals surface area contributed by atoms with Gasteiger partial charge in [0.05, 0.1) is 5.54 Å². The van der Waals surface area contributed by atoms with Crippen molar-refractivity contribution < 1.29 is 14.4 Å². The van der Waals surface area contributed by atoms with Crippen molar-refractivity contribution in [1.29, 1.82) is 0 Å². The van der Waals surface area contributed by atoms with E-state index in [0.717, 1.165) is 49.0 Å². The Morgan fingerprint density at radius 3 is 2.52 bits per heavy atom. The van der Waals surface area contributed by atoms with Crippen LogP contribution in [-0.4, -0.2) is 34.8 Å². The minimum absolute atomic E-state index is 0.0954. The van der Waals surface area contributed by atoms with Crippen LogP contribution in [0.1, 0.15) is 57.4 Å². The predicted molar refractivity (Wildman–Crippen MR) is 101 cm³/mol. The first kappa shape index (κ1) is 18.0. The number of nitrogens with zero attached hydrogens (tertiary/aromatic N) is 1. The average Bonchev–Trinajstić information content (AvgIpc) is 2.86. The molecule has 3 fully saturated rings. The molecule has 4 amide bonds. The Bertz CT molecular complexity index is 759. The van der Waals surface area contributed by atoms with Crippen molar-refractivity contribution >= 4 is 17.8 Å². The highest BCUT2D eigenvalue weighted by atomic mass is 16.2. The number of hydrogen-bond acceptors (Lipinski definition) is 3. The van der Waals surface area contributed by atoms with E-state index in [1.54, 1.807) is 0 Å². The first-order valence-corrected chi connectivity index (χ1v) is 9.97. The minimum atomic E-state index is -0.816. The average molecular weight is 369 g/mol. The molecule has 3 aliphatic rings. The van der Waals surface area contributed by atoms with Crippen LogP contribution in [0.25, 0.3) is 0 Å². The van der Waals surface area contributed by atoms with Crippen LogP contribution in [0.5, 0.6) is 0 Å². The lowest BCUT2D eigenvalue weighted by Crippen LogP contribution is -2.55. The van der Waals surface area contributed by atoms with Crippen molar-refractivity contribution in [2.45, 2.75) is 62.9 Å². The van der Waals surface area contributed by atoms with E-state index in [1.165, 1.54) is 0 Å². The molecule has 1 heterocycles. The molecule has 1 aromatic carbocycles. The third-order valence-electron chi connectivity index (χ3n) is 6.72. The molecule has 2 unspecified atom stereocenters. The molecule has 0 radical (unpaired) electrons. The van der Waals surface area contributed by atoms with Crippen LogP contribution < -0.4 is 10.6 Å². The van der Waals surface area contributed by atoms with E-state index < -0.39 is 11.6 Å². The molecule has 4 rings (SSSR count). The second-order valence-electron chi connectivity index (χ2n) is 8.29. The van der Waals surface area contributed by atoms with Gasteiger partial charge in [-0.3, -0.25) is 14.5 Å². The third kappa shape index (κ3) is 2.91. The summed E-state index contributed by atoms with van der Waals surface area (Å²) in [5.74, 6) is -0.419. The molecule has 144 valence electrons. The van der Waals surface area contributed by atoms with Crippen molar-refractivity contribution in [2.75, 3.05) is 6.54 Å². The number of nitrogens with one attached hydrogen (secondary N) is 2. The van der Waals surface area contributed by atoms with Crippen molar-refractivity contribution in [2.24, 2.45) is 5.92 Å². The third-order valence-corrected chi connectivity index (χ3v) is 6.72. The van der Waals surface area contributed by atoms with Crippen molar-refractivity contribution in [3.05, 3.63) is 35.9 Å². The summed E-state index contributed by atoms with van der Waals surface area (Å²) in [5.41, 5.74) is -0.101. The van der Waals surface area contributed by atoms with Crippen LogP contribution in [0.4, 0.5) is 4.79 Å². The molecule has 6 heteroatoms. The molecule has 2 saturated carbocycles. The Hall–Kier alpha value is -2.37. The monoisotopic (exact) mass is 369 g/mol. The standard InChI is InChI=1S/C21H27N3O3/c1-15-8-5-6-13-21(15)18(26)24(19(27)23-21)14-17(25)22-20(11-7-12-20)16-9-3-2-4-10-16/h2-4,9-10,15H,5-8,11-14H2,1H3,(H,22,25)(H,23,27). The highest BCUT2D eigenvalue weighted by Gasteiger charge is 2.55. The number of imide groups is 1. The van der Waals surface area contributed by atoms with E-state index in [2.05, 4.69) is 10.6 Å². The van der Waals surface area contributed by atoms with Gasteiger partial charge in [0.2, 0.25) is 5.91 Å². The second-order valence-corrected chi connectivity index (χ2v) is 8.29. The number of rotatable bonds is 4. The van der Waals surface area contributed by atoms with Crippen molar-refractivity contribution in [3.8, 4) is 0 Å². The van der Waals surface area contributed by atoms with E-state index in [0.29, 0.717) is 6.42 Å². The summed E-state index contributed by atoms with van der Waals surface area (Å²) in [6.45, 7) is 1.80. The van der Waals surface area contributed by atoms with Gasteiger partial charge < -0.3 is 10.6 Å². The van der Waals surface area contributed by atoms with E-state index in [-0.39, 0.29) is 29.8 Å². The molecule has 2 N–H and O–H groups in total. The molecule has 0 aromatic heterocycles. The zero-order chi connectivity index (χ0) is 19.1. The summed E-state index contributed by atoms with van der Waals surface area (Å²) in [6.07, 6.45) is 6.39. The Kier molecular flexibility index (Phi) is 4.44. The Labute approximate surface area is 159 Å². The van der Waals surface area contributed by atoms with Gasteiger partial charge in [-0.25, -0.2) is 4.79 Å². The first-order valence-electron chi connectivity index (χ1n) is 9.97. The molecule has 0 bridgehead atoms. The quantitative estimate of drug-likeness (QED) is 0.801. The number of benzene rings is 1. The van der Waals surface area contributed by atoms with E-state index in [4.69, 9.17) is 0 Å². The normalized spacial score (nSPS) is 29.4. The molecule has 1 aliphatic heterocycles. The van der Waals surface area contributed by atoms with Crippen molar-refractivity contribution in [3.63, 3.8) is 0 Å². The van der Waals surface area contributed by atoms with Crippen LogP contribution in [0.3, 0.4) is 0 Å². The summed E-state index contributed by atoms with van der Waals surface area (Å²) < 4.78 is 0. The summed E-state index contributed by atoms with van der Waals surface area (Å²) >= 11 is 0. The van der Waals surface area contributed by atoms with E-state index in [1.807, 2.05) is 37.3 Å². The lowest BCUT2D eigenvalue weighted by atomic mass is 9.71. The lowest BCUT2D eigenvalue weighted by Gasteiger charge is -2.43. The van der Waals surface area contributed by atoms with Gasteiger partial charge in [-0.15, -0.1) is 0 Å². The van der Waals surface area contributed by atoms with E-state index in [9.17, 15) is 14.4 Å². The highest BCUT2D eigenvalue weighted by Crippen LogP contribution is 2.41. The zero-order valence-electron chi connectivity index (χ0n) is 15.8. The van der Waals surface area contributed by atoms with Gasteiger partial charge in [0, 0.05) is 0 Å². The largest absolute Gasteiger partial charge is 0.345 e. The fourth-order valence-corrected chi connectivity index (χ4v) is 4.86.